The standard InChI is InChI=1S/C24H29NO2/c26-24(27)21-9-7-19(8-10-21)17-25-14-12-18(13-15-25)6-11-22-16-23(22)20-4-2-1-3-5-20/h1-5,7-10,18,22-23H,6,11-17H2,(H,26,27)/t22-,23+/m1/s1. The number of carboxylic acids is 1. The van der Waals surface area contributed by atoms with E-state index < -0.39 is 5.97 Å². The van der Waals surface area contributed by atoms with E-state index in [4.69, 9.17) is 5.11 Å². The summed E-state index contributed by atoms with van der Waals surface area (Å²) in [5.41, 5.74) is 3.11. The number of hydrogen-bond donors (Lipinski definition) is 1. The minimum Gasteiger partial charge on any atom is -0.478 e. The predicted octanol–water partition coefficient (Wildman–Crippen LogP) is 5.18. The average Bonchev–Trinajstić information content (AvgIpc) is 3.48. The molecule has 3 nitrogen and oxygen atoms in total. The van der Waals surface area contributed by atoms with Crippen molar-refractivity contribution in [2.75, 3.05) is 13.1 Å². The fourth-order valence-corrected chi connectivity index (χ4v) is 4.57. The van der Waals surface area contributed by atoms with E-state index in [9.17, 15) is 4.79 Å². The van der Waals surface area contributed by atoms with Crippen LogP contribution >= 0.6 is 0 Å². The molecule has 0 bridgehead atoms. The van der Waals surface area contributed by atoms with Crippen LogP contribution in [0, 0.1) is 11.8 Å². The van der Waals surface area contributed by atoms with Gasteiger partial charge in [-0.3, -0.25) is 4.90 Å². The van der Waals surface area contributed by atoms with Crippen LogP contribution in [0.1, 0.15) is 59.5 Å². The van der Waals surface area contributed by atoms with Gasteiger partial charge < -0.3 is 5.11 Å². The molecule has 2 aliphatic rings. The second-order valence-electron chi connectivity index (χ2n) is 8.31. The molecule has 1 saturated carbocycles. The molecule has 0 spiro atoms. The number of benzene rings is 2. The van der Waals surface area contributed by atoms with Gasteiger partial charge in [-0.05, 0) is 79.8 Å². The first-order valence-electron chi connectivity index (χ1n) is 10.3. The maximum Gasteiger partial charge on any atom is 0.335 e. The van der Waals surface area contributed by atoms with Crippen LogP contribution in [0.5, 0.6) is 0 Å². The Balaban J connectivity index is 1.17. The number of hydrogen-bond acceptors (Lipinski definition) is 2. The van der Waals surface area contributed by atoms with E-state index in [2.05, 4.69) is 35.2 Å². The number of piperidine rings is 1. The van der Waals surface area contributed by atoms with Crippen LogP contribution in [0.15, 0.2) is 54.6 Å². The van der Waals surface area contributed by atoms with Crippen molar-refractivity contribution in [3.8, 4) is 0 Å². The number of aromatic carboxylic acids is 1. The molecular formula is C24H29NO2. The van der Waals surface area contributed by atoms with Crippen molar-refractivity contribution in [2.24, 2.45) is 11.8 Å². The summed E-state index contributed by atoms with van der Waals surface area (Å²) in [7, 11) is 0. The largest absolute Gasteiger partial charge is 0.478 e. The highest BCUT2D eigenvalue weighted by Gasteiger charge is 2.37. The SMILES string of the molecule is O=C(O)c1ccc(CN2CCC(CC[C@@H]3C[C@H]3c3ccccc3)CC2)cc1. The second kappa shape index (κ2) is 8.26. The van der Waals surface area contributed by atoms with Crippen molar-refractivity contribution in [1.82, 2.24) is 4.90 Å². The summed E-state index contributed by atoms with van der Waals surface area (Å²) >= 11 is 0. The second-order valence-corrected chi connectivity index (χ2v) is 8.31. The molecule has 2 fully saturated rings. The molecule has 0 radical (unpaired) electrons. The molecule has 27 heavy (non-hydrogen) atoms. The molecular weight excluding hydrogens is 334 g/mol. The monoisotopic (exact) mass is 363 g/mol. The molecule has 0 amide bonds. The first kappa shape index (κ1) is 18.2. The predicted molar refractivity (Wildman–Crippen MR) is 108 cm³/mol. The minimum atomic E-state index is -0.854. The molecule has 1 aliphatic carbocycles. The summed E-state index contributed by atoms with van der Waals surface area (Å²) < 4.78 is 0. The van der Waals surface area contributed by atoms with Gasteiger partial charge in [0.05, 0.1) is 5.56 Å². The molecule has 0 unspecified atom stereocenters. The lowest BCUT2D eigenvalue weighted by atomic mass is 9.90. The zero-order valence-corrected chi connectivity index (χ0v) is 15.9. The van der Waals surface area contributed by atoms with Crippen molar-refractivity contribution in [1.29, 1.82) is 0 Å². The number of likely N-dealkylation sites (tertiary alicyclic amines) is 1. The van der Waals surface area contributed by atoms with Crippen molar-refractivity contribution >= 4 is 5.97 Å². The topological polar surface area (TPSA) is 40.5 Å². The van der Waals surface area contributed by atoms with Gasteiger partial charge in [0.2, 0.25) is 0 Å². The van der Waals surface area contributed by atoms with Crippen molar-refractivity contribution < 1.29 is 9.90 Å². The average molecular weight is 364 g/mol. The van der Waals surface area contributed by atoms with Gasteiger partial charge in [0.1, 0.15) is 0 Å². The van der Waals surface area contributed by atoms with Gasteiger partial charge in [-0.2, -0.15) is 0 Å². The van der Waals surface area contributed by atoms with E-state index in [1.54, 1.807) is 12.1 Å². The summed E-state index contributed by atoms with van der Waals surface area (Å²) in [4.78, 5) is 13.5. The zero-order chi connectivity index (χ0) is 18.6. The first-order valence-corrected chi connectivity index (χ1v) is 10.3. The highest BCUT2D eigenvalue weighted by Crippen LogP contribution is 2.50. The molecule has 4 rings (SSSR count). The van der Waals surface area contributed by atoms with Crippen LogP contribution in [0.4, 0.5) is 0 Å². The lowest BCUT2D eigenvalue weighted by Crippen LogP contribution is -2.33. The molecule has 2 atom stereocenters. The third-order valence-electron chi connectivity index (χ3n) is 6.41. The van der Waals surface area contributed by atoms with Crippen LogP contribution in [0.2, 0.25) is 0 Å². The number of carboxylic acid groups (broad SMARTS) is 1. The fourth-order valence-electron chi connectivity index (χ4n) is 4.57. The summed E-state index contributed by atoms with van der Waals surface area (Å²) in [5, 5.41) is 8.99. The number of rotatable bonds is 7. The zero-order valence-electron chi connectivity index (χ0n) is 15.9. The van der Waals surface area contributed by atoms with E-state index in [0.29, 0.717) is 5.56 Å². The fraction of sp³-hybridized carbons (Fsp3) is 0.458. The minimum absolute atomic E-state index is 0.367. The smallest absolute Gasteiger partial charge is 0.335 e. The van der Waals surface area contributed by atoms with Gasteiger partial charge in [0, 0.05) is 6.54 Å². The molecule has 1 aliphatic heterocycles. The molecule has 142 valence electrons. The third kappa shape index (κ3) is 4.78. The van der Waals surface area contributed by atoms with Crippen LogP contribution in [0.3, 0.4) is 0 Å². The van der Waals surface area contributed by atoms with Gasteiger partial charge in [-0.25, -0.2) is 4.79 Å². The lowest BCUT2D eigenvalue weighted by molar-refractivity contribution is 0.0697. The van der Waals surface area contributed by atoms with E-state index in [0.717, 1.165) is 37.4 Å². The lowest BCUT2D eigenvalue weighted by Gasteiger charge is -2.32. The Labute approximate surface area is 162 Å². The summed E-state index contributed by atoms with van der Waals surface area (Å²) in [6.07, 6.45) is 6.76. The van der Waals surface area contributed by atoms with Crippen molar-refractivity contribution in [2.45, 2.75) is 44.6 Å². The Kier molecular flexibility index (Phi) is 5.58. The maximum absolute atomic E-state index is 10.9. The van der Waals surface area contributed by atoms with Gasteiger partial charge in [-0.15, -0.1) is 0 Å². The Morgan fingerprint density at radius 3 is 2.33 bits per heavy atom. The van der Waals surface area contributed by atoms with Crippen LogP contribution in [-0.4, -0.2) is 29.1 Å². The highest BCUT2D eigenvalue weighted by atomic mass is 16.4. The Morgan fingerprint density at radius 2 is 1.67 bits per heavy atom. The molecule has 1 saturated heterocycles. The van der Waals surface area contributed by atoms with E-state index in [1.165, 1.54) is 43.2 Å². The van der Waals surface area contributed by atoms with Crippen LogP contribution in [0.25, 0.3) is 0 Å². The molecule has 1 heterocycles. The maximum atomic E-state index is 10.9. The van der Waals surface area contributed by atoms with E-state index >= 15 is 0 Å². The van der Waals surface area contributed by atoms with Gasteiger partial charge in [0.25, 0.3) is 0 Å². The third-order valence-corrected chi connectivity index (χ3v) is 6.41. The van der Waals surface area contributed by atoms with Gasteiger partial charge >= 0.3 is 5.97 Å². The quantitative estimate of drug-likeness (QED) is 0.737. The van der Waals surface area contributed by atoms with E-state index in [-0.39, 0.29) is 0 Å². The van der Waals surface area contributed by atoms with Crippen molar-refractivity contribution in [3.05, 3.63) is 71.3 Å². The van der Waals surface area contributed by atoms with Crippen molar-refractivity contribution in [3.63, 3.8) is 0 Å². The molecule has 0 aromatic heterocycles. The summed E-state index contributed by atoms with van der Waals surface area (Å²) in [6.45, 7) is 3.27. The van der Waals surface area contributed by atoms with Gasteiger partial charge in [-0.1, -0.05) is 48.9 Å². The van der Waals surface area contributed by atoms with Crippen LogP contribution < -0.4 is 0 Å². The highest BCUT2D eigenvalue weighted by molar-refractivity contribution is 5.87. The number of carbonyl (C=O) groups is 1. The Hall–Kier alpha value is -2.13. The van der Waals surface area contributed by atoms with E-state index in [1.807, 2.05) is 12.1 Å². The molecule has 1 N–H and O–H groups in total. The van der Waals surface area contributed by atoms with Crippen LogP contribution in [-0.2, 0) is 6.54 Å². The normalized spacial score (nSPS) is 23.3. The molecule has 2 aromatic carbocycles. The summed E-state index contributed by atoms with van der Waals surface area (Å²) in [5.74, 6) is 1.76. The Bertz CT molecular complexity index is 748. The Morgan fingerprint density at radius 1 is 0.963 bits per heavy atom. The first-order chi connectivity index (χ1) is 13.2. The summed E-state index contributed by atoms with van der Waals surface area (Å²) in [6, 6.07) is 18.3. The van der Waals surface area contributed by atoms with Gasteiger partial charge in [0.15, 0.2) is 0 Å². The molecule has 2 aromatic rings. The molecule has 3 heteroatoms. The number of nitrogens with zero attached hydrogens (tertiary/aromatic N) is 1.